The number of hydrogen-bond donors (Lipinski definition) is 0. The predicted octanol–water partition coefficient (Wildman–Crippen LogP) is 2.10. The molecule has 0 spiro atoms. The van der Waals surface area contributed by atoms with E-state index in [1.165, 1.54) is 0 Å². The van der Waals surface area contributed by atoms with Crippen molar-refractivity contribution in [1.82, 2.24) is 14.8 Å². The molecule has 2 aromatic rings. The molecule has 3 rings (SSSR count). The Balaban J connectivity index is 1.78. The third-order valence-electron chi connectivity index (χ3n) is 3.28. The van der Waals surface area contributed by atoms with Crippen LogP contribution in [0.25, 0.3) is 11.3 Å². The van der Waals surface area contributed by atoms with Crippen LogP contribution in [-0.4, -0.2) is 21.1 Å². The van der Waals surface area contributed by atoms with Crippen LogP contribution in [0, 0.1) is 5.92 Å². The molecule has 0 bridgehead atoms. The lowest BCUT2D eigenvalue weighted by atomic mass is 9.81. The number of hydrogen-bond acceptors (Lipinski definition) is 3. The van der Waals surface area contributed by atoms with Crippen LogP contribution in [0.1, 0.15) is 18.9 Å². The maximum atomic E-state index is 10.6. The van der Waals surface area contributed by atoms with Crippen LogP contribution in [-0.2, 0) is 4.79 Å². The Morgan fingerprint density at radius 2 is 2.24 bits per heavy atom. The lowest BCUT2D eigenvalue weighted by Gasteiger charge is -2.31. The number of aromatic nitrogens is 3. The lowest BCUT2D eigenvalue weighted by molar-refractivity contribution is -0.114. The topological polar surface area (TPSA) is 47.8 Å². The van der Waals surface area contributed by atoms with Crippen molar-refractivity contribution in [2.45, 2.75) is 18.9 Å². The molecule has 2 heterocycles. The molecule has 1 saturated carbocycles. The summed E-state index contributed by atoms with van der Waals surface area (Å²) in [7, 11) is 0. The van der Waals surface area contributed by atoms with Gasteiger partial charge in [-0.05, 0) is 25.0 Å². The maximum Gasteiger partial charge on any atom is 0.123 e. The summed E-state index contributed by atoms with van der Waals surface area (Å²) in [5, 5.41) is 4.34. The highest BCUT2D eigenvalue weighted by molar-refractivity contribution is 5.57. The van der Waals surface area contributed by atoms with Crippen LogP contribution < -0.4 is 0 Å². The minimum atomic E-state index is 0.225. The summed E-state index contributed by atoms with van der Waals surface area (Å²) >= 11 is 0. The van der Waals surface area contributed by atoms with E-state index < -0.39 is 0 Å². The minimum absolute atomic E-state index is 0.225. The number of nitrogens with zero attached hydrogens (tertiary/aromatic N) is 3. The van der Waals surface area contributed by atoms with E-state index >= 15 is 0 Å². The molecule has 2 aromatic heterocycles. The predicted molar refractivity (Wildman–Crippen MR) is 63.3 cm³/mol. The van der Waals surface area contributed by atoms with Crippen molar-refractivity contribution in [2.24, 2.45) is 5.92 Å². The van der Waals surface area contributed by atoms with E-state index in [1.807, 2.05) is 35.3 Å². The van der Waals surface area contributed by atoms with Crippen molar-refractivity contribution < 1.29 is 4.79 Å². The molecule has 17 heavy (non-hydrogen) atoms. The van der Waals surface area contributed by atoms with Crippen molar-refractivity contribution in [3.63, 3.8) is 0 Å². The van der Waals surface area contributed by atoms with Crippen LogP contribution in [0.15, 0.2) is 36.8 Å². The summed E-state index contributed by atoms with van der Waals surface area (Å²) < 4.78 is 1.95. The molecule has 86 valence electrons. The maximum absolute atomic E-state index is 10.6. The molecule has 0 unspecified atom stereocenters. The van der Waals surface area contributed by atoms with Gasteiger partial charge in [-0.2, -0.15) is 5.10 Å². The molecular weight excluding hydrogens is 214 g/mol. The zero-order valence-corrected chi connectivity index (χ0v) is 9.36. The fraction of sp³-hybridized carbons (Fsp3) is 0.308. The molecule has 0 N–H and O–H groups in total. The summed E-state index contributed by atoms with van der Waals surface area (Å²) in [6.45, 7) is 0. The third kappa shape index (κ3) is 1.86. The molecule has 4 nitrogen and oxygen atoms in total. The Bertz CT molecular complexity index is 514. The Morgan fingerprint density at radius 1 is 1.35 bits per heavy atom. The minimum Gasteiger partial charge on any atom is -0.303 e. The van der Waals surface area contributed by atoms with Gasteiger partial charge in [0.15, 0.2) is 0 Å². The molecule has 0 aromatic carbocycles. The molecule has 0 saturated heterocycles. The average Bonchev–Trinajstić information content (AvgIpc) is 2.78. The normalized spacial score (nSPS) is 23.1. The molecule has 0 amide bonds. The molecule has 0 aliphatic heterocycles. The SMILES string of the molecule is O=CC1CC(n2cc(-c3ccccn3)cn2)C1. The van der Waals surface area contributed by atoms with E-state index in [0.717, 1.165) is 30.4 Å². The van der Waals surface area contributed by atoms with E-state index in [4.69, 9.17) is 0 Å². The van der Waals surface area contributed by atoms with Crippen molar-refractivity contribution in [2.75, 3.05) is 0 Å². The first-order chi connectivity index (χ1) is 8.36. The summed E-state index contributed by atoms with van der Waals surface area (Å²) in [5.74, 6) is 0.225. The van der Waals surface area contributed by atoms with Gasteiger partial charge >= 0.3 is 0 Å². The molecule has 1 fully saturated rings. The van der Waals surface area contributed by atoms with Gasteiger partial charge in [0.05, 0.1) is 17.9 Å². The van der Waals surface area contributed by atoms with E-state index in [-0.39, 0.29) is 5.92 Å². The largest absolute Gasteiger partial charge is 0.303 e. The van der Waals surface area contributed by atoms with Crippen molar-refractivity contribution in [1.29, 1.82) is 0 Å². The van der Waals surface area contributed by atoms with Crippen LogP contribution in [0.4, 0.5) is 0 Å². The van der Waals surface area contributed by atoms with E-state index in [2.05, 4.69) is 10.1 Å². The molecular formula is C13H13N3O. The van der Waals surface area contributed by atoms with Gasteiger partial charge in [-0.3, -0.25) is 9.67 Å². The van der Waals surface area contributed by atoms with Gasteiger partial charge in [0.2, 0.25) is 0 Å². The van der Waals surface area contributed by atoms with Gasteiger partial charge in [0.25, 0.3) is 0 Å². The fourth-order valence-electron chi connectivity index (χ4n) is 2.16. The van der Waals surface area contributed by atoms with Gasteiger partial charge in [0.1, 0.15) is 6.29 Å². The summed E-state index contributed by atoms with van der Waals surface area (Å²) in [5.41, 5.74) is 1.96. The second-order valence-electron chi connectivity index (χ2n) is 4.45. The van der Waals surface area contributed by atoms with Crippen LogP contribution in [0.5, 0.6) is 0 Å². The second kappa shape index (κ2) is 4.13. The summed E-state index contributed by atoms with van der Waals surface area (Å²) in [6, 6.07) is 6.21. The van der Waals surface area contributed by atoms with Crippen LogP contribution in [0.2, 0.25) is 0 Å². The molecule has 0 radical (unpaired) electrons. The molecule has 0 atom stereocenters. The first-order valence-electron chi connectivity index (χ1n) is 5.77. The van der Waals surface area contributed by atoms with Crippen LogP contribution >= 0.6 is 0 Å². The molecule has 1 aliphatic rings. The zero-order valence-electron chi connectivity index (χ0n) is 9.36. The standard InChI is InChI=1S/C13H13N3O/c17-9-10-5-12(6-10)16-8-11(7-15-16)13-3-1-2-4-14-13/h1-4,7-10,12H,5-6H2. The number of carbonyl (C=O) groups excluding carboxylic acids is 1. The summed E-state index contributed by atoms with van der Waals surface area (Å²) in [4.78, 5) is 14.8. The highest BCUT2D eigenvalue weighted by atomic mass is 16.1. The number of pyridine rings is 1. The Morgan fingerprint density at radius 3 is 2.94 bits per heavy atom. The van der Waals surface area contributed by atoms with Gasteiger partial charge in [0, 0.05) is 23.9 Å². The first-order valence-corrected chi connectivity index (χ1v) is 5.77. The van der Waals surface area contributed by atoms with Gasteiger partial charge in [-0.15, -0.1) is 0 Å². The fourth-order valence-corrected chi connectivity index (χ4v) is 2.16. The quantitative estimate of drug-likeness (QED) is 0.754. The molecule has 1 aliphatic carbocycles. The monoisotopic (exact) mass is 227 g/mol. The van der Waals surface area contributed by atoms with Crippen molar-refractivity contribution >= 4 is 6.29 Å². The van der Waals surface area contributed by atoms with Crippen LogP contribution in [0.3, 0.4) is 0 Å². The Hall–Kier alpha value is -1.97. The second-order valence-corrected chi connectivity index (χ2v) is 4.45. The van der Waals surface area contributed by atoms with Gasteiger partial charge in [-0.1, -0.05) is 6.07 Å². The van der Waals surface area contributed by atoms with E-state index in [9.17, 15) is 4.79 Å². The molecule has 4 heteroatoms. The average molecular weight is 227 g/mol. The highest BCUT2D eigenvalue weighted by Crippen LogP contribution is 2.36. The highest BCUT2D eigenvalue weighted by Gasteiger charge is 2.30. The van der Waals surface area contributed by atoms with Crippen molar-refractivity contribution in [3.8, 4) is 11.3 Å². The zero-order chi connectivity index (χ0) is 11.7. The number of rotatable bonds is 3. The Kier molecular flexibility index (Phi) is 2.48. The van der Waals surface area contributed by atoms with E-state index in [0.29, 0.717) is 6.04 Å². The summed E-state index contributed by atoms with van der Waals surface area (Å²) in [6.07, 6.45) is 8.47. The Labute approximate surface area is 99.3 Å². The van der Waals surface area contributed by atoms with Gasteiger partial charge < -0.3 is 4.79 Å². The van der Waals surface area contributed by atoms with Gasteiger partial charge in [-0.25, -0.2) is 0 Å². The lowest BCUT2D eigenvalue weighted by Crippen LogP contribution is -2.27. The number of aldehydes is 1. The first kappa shape index (κ1) is 10.2. The smallest absolute Gasteiger partial charge is 0.123 e. The van der Waals surface area contributed by atoms with Crippen molar-refractivity contribution in [3.05, 3.63) is 36.8 Å². The van der Waals surface area contributed by atoms with E-state index in [1.54, 1.807) is 6.20 Å². The third-order valence-corrected chi connectivity index (χ3v) is 3.28. The number of carbonyl (C=O) groups is 1.